The molecule has 0 aliphatic carbocycles. The molecule has 0 aliphatic rings. The minimum atomic E-state index is -0.360. The fourth-order valence-corrected chi connectivity index (χ4v) is 3.85. The molecule has 1 amide bonds. The number of aromatic nitrogens is 3. The standard InChI is InChI=1S/C21H20N4O2S/c1-3-27-18-11-7-5-9-16(18)22-20(26)14(2)28-21-24-23-19-13-12-15-8-4-6-10-17(15)25(19)21/h4-14H,3H2,1-2H3,(H,22,26)/t14-/m0/s1. The Morgan fingerprint density at radius 1 is 1.11 bits per heavy atom. The number of nitrogens with one attached hydrogen (secondary N) is 1. The largest absolute Gasteiger partial charge is 0.492 e. The summed E-state index contributed by atoms with van der Waals surface area (Å²) in [4.78, 5) is 12.7. The third-order valence-electron chi connectivity index (χ3n) is 4.34. The molecule has 2 aromatic heterocycles. The van der Waals surface area contributed by atoms with Crippen LogP contribution >= 0.6 is 11.8 Å². The zero-order chi connectivity index (χ0) is 19.5. The van der Waals surface area contributed by atoms with Gasteiger partial charge in [0.1, 0.15) is 5.75 Å². The summed E-state index contributed by atoms with van der Waals surface area (Å²) < 4.78 is 7.57. The lowest BCUT2D eigenvalue weighted by Crippen LogP contribution is -2.23. The zero-order valence-corrected chi connectivity index (χ0v) is 16.4. The number of nitrogens with zero attached hydrogens (tertiary/aromatic N) is 3. The first kappa shape index (κ1) is 18.3. The van der Waals surface area contributed by atoms with Crippen molar-refractivity contribution in [3.05, 3.63) is 60.7 Å². The van der Waals surface area contributed by atoms with Crippen LogP contribution in [0.5, 0.6) is 5.75 Å². The average Bonchev–Trinajstić information content (AvgIpc) is 3.13. The quantitative estimate of drug-likeness (QED) is 0.493. The first-order valence-corrected chi connectivity index (χ1v) is 9.97. The topological polar surface area (TPSA) is 68.5 Å². The Labute approximate surface area is 166 Å². The molecule has 0 unspecified atom stereocenters. The van der Waals surface area contributed by atoms with Gasteiger partial charge in [0.15, 0.2) is 10.8 Å². The van der Waals surface area contributed by atoms with E-state index in [-0.39, 0.29) is 11.2 Å². The Bertz CT molecular complexity index is 1140. The van der Waals surface area contributed by atoms with E-state index in [1.54, 1.807) is 0 Å². The van der Waals surface area contributed by atoms with Crippen molar-refractivity contribution < 1.29 is 9.53 Å². The molecule has 0 saturated heterocycles. The highest BCUT2D eigenvalue weighted by molar-refractivity contribution is 8.00. The Kier molecular flexibility index (Phi) is 5.16. The third kappa shape index (κ3) is 3.53. The molecule has 4 aromatic rings. The molecule has 6 nitrogen and oxygen atoms in total. The summed E-state index contributed by atoms with van der Waals surface area (Å²) in [5.74, 6) is 0.545. The summed E-state index contributed by atoms with van der Waals surface area (Å²) in [7, 11) is 0. The lowest BCUT2D eigenvalue weighted by Gasteiger charge is -2.14. The molecule has 1 atom stereocenters. The Balaban J connectivity index is 1.58. The van der Waals surface area contributed by atoms with Crippen LogP contribution < -0.4 is 10.1 Å². The van der Waals surface area contributed by atoms with E-state index in [9.17, 15) is 4.79 Å². The monoisotopic (exact) mass is 392 g/mol. The molecule has 2 aromatic carbocycles. The van der Waals surface area contributed by atoms with Gasteiger partial charge in [-0.15, -0.1) is 10.2 Å². The average molecular weight is 392 g/mol. The van der Waals surface area contributed by atoms with Crippen LogP contribution in [0.15, 0.2) is 65.8 Å². The highest BCUT2D eigenvalue weighted by Gasteiger charge is 2.20. The highest BCUT2D eigenvalue weighted by atomic mass is 32.2. The van der Waals surface area contributed by atoms with Gasteiger partial charge in [0.2, 0.25) is 5.91 Å². The van der Waals surface area contributed by atoms with Crippen molar-refractivity contribution in [3.8, 4) is 5.75 Å². The van der Waals surface area contributed by atoms with Gasteiger partial charge in [-0.3, -0.25) is 9.20 Å². The molecule has 0 aliphatic heterocycles. The summed E-state index contributed by atoms with van der Waals surface area (Å²) >= 11 is 1.38. The molecule has 4 rings (SSSR count). The van der Waals surface area contributed by atoms with Crippen LogP contribution in [0.1, 0.15) is 13.8 Å². The van der Waals surface area contributed by atoms with Gasteiger partial charge in [-0.1, -0.05) is 42.1 Å². The second-order valence-corrected chi connectivity index (χ2v) is 7.55. The van der Waals surface area contributed by atoms with E-state index >= 15 is 0 Å². The number of carbonyl (C=O) groups excluding carboxylic acids is 1. The van der Waals surface area contributed by atoms with Crippen molar-refractivity contribution in [3.63, 3.8) is 0 Å². The second kappa shape index (κ2) is 7.90. The van der Waals surface area contributed by atoms with Gasteiger partial charge in [0.05, 0.1) is 23.1 Å². The van der Waals surface area contributed by atoms with E-state index in [1.165, 1.54) is 11.8 Å². The summed E-state index contributed by atoms with van der Waals surface area (Å²) in [6, 6.07) is 19.4. The molecular formula is C21H20N4O2S. The molecule has 0 fully saturated rings. The van der Waals surface area contributed by atoms with E-state index in [0.29, 0.717) is 23.2 Å². The number of hydrogen-bond donors (Lipinski definition) is 1. The lowest BCUT2D eigenvalue weighted by molar-refractivity contribution is -0.115. The number of carbonyl (C=O) groups is 1. The van der Waals surface area contributed by atoms with Crippen LogP contribution in [-0.2, 0) is 4.79 Å². The van der Waals surface area contributed by atoms with Gasteiger partial charge in [-0.2, -0.15) is 0 Å². The normalized spacial score (nSPS) is 12.2. The maximum absolute atomic E-state index is 12.7. The number of fused-ring (bicyclic) bond motifs is 3. The van der Waals surface area contributed by atoms with E-state index in [2.05, 4.69) is 15.5 Å². The summed E-state index contributed by atoms with van der Waals surface area (Å²) in [5.41, 5.74) is 2.44. The Morgan fingerprint density at radius 2 is 1.89 bits per heavy atom. The Hall–Kier alpha value is -3.06. The minimum absolute atomic E-state index is 0.117. The van der Waals surface area contributed by atoms with Gasteiger partial charge in [-0.05, 0) is 49.6 Å². The summed E-state index contributed by atoms with van der Waals surface area (Å²) in [5, 5.41) is 12.9. The number of ether oxygens (including phenoxy) is 1. The van der Waals surface area contributed by atoms with E-state index in [4.69, 9.17) is 4.74 Å². The third-order valence-corrected chi connectivity index (χ3v) is 5.39. The molecule has 2 heterocycles. The maximum Gasteiger partial charge on any atom is 0.237 e. The molecule has 0 bridgehead atoms. The van der Waals surface area contributed by atoms with Crippen molar-refractivity contribution >= 4 is 39.9 Å². The first-order chi connectivity index (χ1) is 13.7. The van der Waals surface area contributed by atoms with Crippen molar-refractivity contribution in [2.24, 2.45) is 0 Å². The predicted molar refractivity (Wildman–Crippen MR) is 112 cm³/mol. The SMILES string of the molecule is CCOc1ccccc1NC(=O)[C@H](C)Sc1nnc2ccc3ccccc3n12. The summed E-state index contributed by atoms with van der Waals surface area (Å²) in [6.07, 6.45) is 0. The van der Waals surface area contributed by atoms with Crippen molar-refractivity contribution in [1.82, 2.24) is 14.6 Å². The number of rotatable bonds is 6. The Morgan fingerprint density at radius 3 is 2.75 bits per heavy atom. The lowest BCUT2D eigenvalue weighted by atomic mass is 10.2. The van der Waals surface area contributed by atoms with Crippen LogP contribution in [0, 0.1) is 0 Å². The molecule has 0 spiro atoms. The molecule has 28 heavy (non-hydrogen) atoms. The number of hydrogen-bond acceptors (Lipinski definition) is 5. The molecule has 142 valence electrons. The van der Waals surface area contributed by atoms with Crippen LogP contribution in [0.25, 0.3) is 16.6 Å². The molecule has 1 N–H and O–H groups in total. The van der Waals surface area contributed by atoms with Gasteiger partial charge < -0.3 is 10.1 Å². The molecule has 7 heteroatoms. The maximum atomic E-state index is 12.7. The van der Waals surface area contributed by atoms with Gasteiger partial charge >= 0.3 is 0 Å². The van der Waals surface area contributed by atoms with Crippen LogP contribution in [0.4, 0.5) is 5.69 Å². The zero-order valence-electron chi connectivity index (χ0n) is 15.6. The van der Waals surface area contributed by atoms with E-state index < -0.39 is 0 Å². The predicted octanol–water partition coefficient (Wildman–Crippen LogP) is 4.40. The number of pyridine rings is 1. The van der Waals surface area contributed by atoms with E-state index in [0.717, 1.165) is 16.6 Å². The van der Waals surface area contributed by atoms with Crippen LogP contribution in [0.2, 0.25) is 0 Å². The number of benzene rings is 2. The molecule has 0 saturated carbocycles. The van der Waals surface area contributed by atoms with Gasteiger partial charge in [-0.25, -0.2) is 0 Å². The molecule has 0 radical (unpaired) electrons. The fraction of sp³-hybridized carbons (Fsp3) is 0.190. The smallest absolute Gasteiger partial charge is 0.237 e. The number of amides is 1. The fourth-order valence-electron chi connectivity index (χ4n) is 2.99. The first-order valence-electron chi connectivity index (χ1n) is 9.09. The van der Waals surface area contributed by atoms with Gasteiger partial charge in [0.25, 0.3) is 0 Å². The summed E-state index contributed by atoms with van der Waals surface area (Å²) in [6.45, 7) is 4.31. The number of anilines is 1. The number of para-hydroxylation sites is 3. The highest BCUT2D eigenvalue weighted by Crippen LogP contribution is 2.28. The van der Waals surface area contributed by atoms with Crippen LogP contribution in [0.3, 0.4) is 0 Å². The second-order valence-electron chi connectivity index (χ2n) is 6.25. The van der Waals surface area contributed by atoms with Crippen molar-refractivity contribution in [1.29, 1.82) is 0 Å². The minimum Gasteiger partial charge on any atom is -0.492 e. The number of thioether (sulfide) groups is 1. The van der Waals surface area contributed by atoms with Gasteiger partial charge in [0, 0.05) is 0 Å². The van der Waals surface area contributed by atoms with Crippen LogP contribution in [-0.4, -0.2) is 32.4 Å². The van der Waals surface area contributed by atoms with Crippen molar-refractivity contribution in [2.45, 2.75) is 24.3 Å². The van der Waals surface area contributed by atoms with Crippen molar-refractivity contribution in [2.75, 3.05) is 11.9 Å². The van der Waals surface area contributed by atoms with E-state index in [1.807, 2.05) is 78.9 Å². The molecular weight excluding hydrogens is 372 g/mol.